The van der Waals surface area contributed by atoms with Crippen LogP contribution in [0, 0.1) is 5.92 Å². The van der Waals surface area contributed by atoms with Gasteiger partial charge in [0.05, 0.1) is 10.6 Å². The fourth-order valence-electron chi connectivity index (χ4n) is 3.69. The number of para-hydroxylation sites is 1. The molecule has 0 unspecified atom stereocenters. The first-order valence-corrected chi connectivity index (χ1v) is 13.9. The number of hydrogen-bond donors (Lipinski definition) is 1. The lowest BCUT2D eigenvalue weighted by atomic mass is 10.1. The normalized spacial score (nSPS) is 12.1. The first-order chi connectivity index (χ1) is 17.6. The molecular formula is C28H32ClN3O4S. The average molecular weight is 542 g/mol. The van der Waals surface area contributed by atoms with E-state index in [1.54, 1.807) is 79.7 Å². The molecular weight excluding hydrogens is 510 g/mol. The van der Waals surface area contributed by atoms with Gasteiger partial charge >= 0.3 is 0 Å². The van der Waals surface area contributed by atoms with Crippen molar-refractivity contribution in [2.45, 2.75) is 38.3 Å². The molecule has 196 valence electrons. The lowest BCUT2D eigenvalue weighted by Crippen LogP contribution is -2.51. The van der Waals surface area contributed by atoms with Crippen molar-refractivity contribution in [3.8, 4) is 0 Å². The third-order valence-electron chi connectivity index (χ3n) is 5.80. The maximum Gasteiger partial charge on any atom is 0.264 e. The molecule has 3 aromatic carbocycles. The second-order valence-corrected chi connectivity index (χ2v) is 11.4. The van der Waals surface area contributed by atoms with Crippen LogP contribution in [0.3, 0.4) is 0 Å². The monoisotopic (exact) mass is 541 g/mol. The molecule has 0 aromatic heterocycles. The van der Waals surface area contributed by atoms with Crippen molar-refractivity contribution in [1.29, 1.82) is 0 Å². The molecule has 3 rings (SSSR count). The smallest absolute Gasteiger partial charge is 0.264 e. The van der Waals surface area contributed by atoms with Crippen molar-refractivity contribution < 1.29 is 18.0 Å². The van der Waals surface area contributed by atoms with E-state index in [2.05, 4.69) is 5.32 Å². The van der Waals surface area contributed by atoms with E-state index in [4.69, 9.17) is 11.6 Å². The highest BCUT2D eigenvalue weighted by molar-refractivity contribution is 7.92. The number of carbonyl (C=O) groups excluding carboxylic acids is 2. The van der Waals surface area contributed by atoms with Gasteiger partial charge in [-0.25, -0.2) is 8.42 Å². The number of benzene rings is 3. The summed E-state index contributed by atoms with van der Waals surface area (Å²) < 4.78 is 28.4. The van der Waals surface area contributed by atoms with E-state index in [1.165, 1.54) is 17.0 Å². The number of nitrogens with zero attached hydrogens (tertiary/aromatic N) is 2. The van der Waals surface area contributed by atoms with Crippen LogP contribution in [0.5, 0.6) is 0 Å². The zero-order valence-electron chi connectivity index (χ0n) is 21.2. The minimum absolute atomic E-state index is 0.0444. The summed E-state index contributed by atoms with van der Waals surface area (Å²) in [5.74, 6) is -0.629. The predicted molar refractivity (Wildman–Crippen MR) is 147 cm³/mol. The molecule has 0 heterocycles. The Labute approximate surface area is 224 Å². The zero-order chi connectivity index (χ0) is 27.0. The number of hydrogen-bond acceptors (Lipinski definition) is 4. The number of anilines is 1. The van der Waals surface area contributed by atoms with Gasteiger partial charge in [-0.3, -0.25) is 13.9 Å². The molecule has 2 amide bonds. The minimum atomic E-state index is -4.07. The highest BCUT2D eigenvalue weighted by atomic mass is 35.5. The van der Waals surface area contributed by atoms with Crippen LogP contribution in [0.25, 0.3) is 0 Å². The van der Waals surface area contributed by atoms with Crippen molar-refractivity contribution in [3.05, 3.63) is 95.5 Å². The van der Waals surface area contributed by atoms with Gasteiger partial charge in [-0.05, 0) is 48.7 Å². The number of amides is 2. The van der Waals surface area contributed by atoms with Gasteiger partial charge in [0.15, 0.2) is 0 Å². The molecule has 9 heteroatoms. The molecule has 0 aliphatic carbocycles. The Balaban J connectivity index is 1.98. The molecule has 1 atom stereocenters. The summed E-state index contributed by atoms with van der Waals surface area (Å²) in [6.07, 6.45) is 0. The molecule has 3 aromatic rings. The van der Waals surface area contributed by atoms with Crippen LogP contribution in [0.1, 0.15) is 26.3 Å². The lowest BCUT2D eigenvalue weighted by Gasteiger charge is -2.32. The summed E-state index contributed by atoms with van der Waals surface area (Å²) in [7, 11) is -4.07. The summed E-state index contributed by atoms with van der Waals surface area (Å²) in [5, 5.41) is 3.31. The Morgan fingerprint density at radius 3 is 2.03 bits per heavy atom. The standard InChI is InChI=1S/C28H32ClN3O4S/c1-21(2)18-30-28(34)22(3)31(19-23-12-10-11-17-26(23)29)27(33)20-32(24-13-6-4-7-14-24)37(35,36)25-15-8-5-9-16-25/h4-17,21-22H,18-20H2,1-3H3,(H,30,34)/t22-/m1/s1. The van der Waals surface area contributed by atoms with Crippen molar-refractivity contribution in [2.75, 3.05) is 17.4 Å². The number of sulfonamides is 1. The maximum atomic E-state index is 13.8. The van der Waals surface area contributed by atoms with Crippen LogP contribution in [0.2, 0.25) is 5.02 Å². The lowest BCUT2D eigenvalue weighted by molar-refractivity contribution is -0.139. The minimum Gasteiger partial charge on any atom is -0.354 e. The Morgan fingerprint density at radius 2 is 1.43 bits per heavy atom. The molecule has 0 radical (unpaired) electrons. The third kappa shape index (κ3) is 7.33. The molecule has 1 N–H and O–H groups in total. The van der Waals surface area contributed by atoms with Crippen LogP contribution in [0.15, 0.2) is 89.8 Å². The van der Waals surface area contributed by atoms with Gasteiger partial charge in [0.1, 0.15) is 12.6 Å². The SMILES string of the molecule is CC(C)CNC(=O)[C@@H](C)N(Cc1ccccc1Cl)C(=O)CN(c1ccccc1)S(=O)(=O)c1ccccc1. The molecule has 0 aliphatic rings. The Kier molecular flexibility index (Phi) is 9.72. The molecule has 0 saturated heterocycles. The second-order valence-electron chi connectivity index (χ2n) is 9.09. The van der Waals surface area contributed by atoms with Gasteiger partial charge in [0, 0.05) is 18.1 Å². The number of nitrogens with one attached hydrogen (secondary N) is 1. The van der Waals surface area contributed by atoms with E-state index in [0.29, 0.717) is 22.8 Å². The van der Waals surface area contributed by atoms with Crippen LogP contribution < -0.4 is 9.62 Å². The van der Waals surface area contributed by atoms with Gasteiger partial charge < -0.3 is 10.2 Å². The van der Waals surface area contributed by atoms with E-state index >= 15 is 0 Å². The average Bonchev–Trinajstić information content (AvgIpc) is 2.90. The van der Waals surface area contributed by atoms with Crippen molar-refractivity contribution in [1.82, 2.24) is 10.2 Å². The van der Waals surface area contributed by atoms with Crippen molar-refractivity contribution in [3.63, 3.8) is 0 Å². The van der Waals surface area contributed by atoms with Gasteiger partial charge in [0.25, 0.3) is 10.0 Å². The quantitative estimate of drug-likeness (QED) is 0.380. The van der Waals surface area contributed by atoms with E-state index in [-0.39, 0.29) is 23.3 Å². The van der Waals surface area contributed by atoms with Crippen molar-refractivity contribution in [2.24, 2.45) is 5.92 Å². The molecule has 0 spiro atoms. The second kappa shape index (κ2) is 12.7. The van der Waals surface area contributed by atoms with Gasteiger partial charge in [-0.2, -0.15) is 0 Å². The molecule has 37 heavy (non-hydrogen) atoms. The van der Waals surface area contributed by atoms with E-state index < -0.39 is 28.5 Å². The van der Waals surface area contributed by atoms with Crippen LogP contribution in [-0.2, 0) is 26.2 Å². The predicted octanol–water partition coefficient (Wildman–Crippen LogP) is 4.72. The molecule has 7 nitrogen and oxygen atoms in total. The maximum absolute atomic E-state index is 13.8. The Hall–Kier alpha value is -3.36. The van der Waals surface area contributed by atoms with Crippen LogP contribution in [0.4, 0.5) is 5.69 Å². The fraction of sp³-hybridized carbons (Fsp3) is 0.286. The van der Waals surface area contributed by atoms with E-state index in [0.717, 1.165) is 4.31 Å². The molecule has 0 saturated carbocycles. The number of halogens is 1. The van der Waals surface area contributed by atoms with E-state index in [9.17, 15) is 18.0 Å². The third-order valence-corrected chi connectivity index (χ3v) is 7.96. The molecule has 0 bridgehead atoms. The van der Waals surface area contributed by atoms with Crippen LogP contribution in [-0.4, -0.2) is 44.3 Å². The zero-order valence-corrected chi connectivity index (χ0v) is 22.7. The summed E-state index contributed by atoms with van der Waals surface area (Å²) >= 11 is 6.37. The summed E-state index contributed by atoms with van der Waals surface area (Å²) in [6, 6.07) is 22.6. The van der Waals surface area contributed by atoms with E-state index in [1.807, 2.05) is 13.8 Å². The summed E-state index contributed by atoms with van der Waals surface area (Å²) in [5.41, 5.74) is 0.993. The number of rotatable bonds is 11. The van der Waals surface area contributed by atoms with Gasteiger partial charge in [-0.1, -0.05) is 80.0 Å². The highest BCUT2D eigenvalue weighted by Gasteiger charge is 2.32. The summed E-state index contributed by atoms with van der Waals surface area (Å²) in [6.45, 7) is 5.59. The summed E-state index contributed by atoms with van der Waals surface area (Å²) in [4.78, 5) is 28.2. The fourth-order valence-corrected chi connectivity index (χ4v) is 5.32. The Morgan fingerprint density at radius 1 is 0.865 bits per heavy atom. The Bertz CT molecular complexity index is 1300. The van der Waals surface area contributed by atoms with Crippen LogP contribution >= 0.6 is 11.6 Å². The number of carbonyl (C=O) groups is 2. The first-order valence-electron chi connectivity index (χ1n) is 12.0. The molecule has 0 fully saturated rings. The molecule has 0 aliphatic heterocycles. The first kappa shape index (κ1) is 28.2. The topological polar surface area (TPSA) is 86.8 Å². The van der Waals surface area contributed by atoms with Crippen molar-refractivity contribution >= 4 is 39.1 Å². The van der Waals surface area contributed by atoms with Gasteiger partial charge in [-0.15, -0.1) is 0 Å². The largest absolute Gasteiger partial charge is 0.354 e. The highest BCUT2D eigenvalue weighted by Crippen LogP contribution is 2.25. The van der Waals surface area contributed by atoms with Gasteiger partial charge in [0.2, 0.25) is 11.8 Å².